The summed E-state index contributed by atoms with van der Waals surface area (Å²) < 4.78 is -0.0159. The van der Waals surface area contributed by atoms with Crippen molar-refractivity contribution in [3.05, 3.63) is 117 Å². The third kappa shape index (κ3) is 6.15. The van der Waals surface area contributed by atoms with Crippen LogP contribution >= 0.6 is 0 Å². The van der Waals surface area contributed by atoms with Crippen LogP contribution in [0.25, 0.3) is 5.57 Å². The van der Waals surface area contributed by atoms with E-state index in [1.54, 1.807) is 16.3 Å². The number of aryl methyl sites for hydroxylation is 4. The SMILES string of the molecule is CC1=C(C)[C]([Ti+3])(C([SiH2]c2cc(C)cc(C)c2)c2cc(C)ccc2C)C(c2ccccc2)=C1C.[Cl-].[Cl-].[Cl-]. The molecule has 2 atom stereocenters. The van der Waals surface area contributed by atoms with Crippen molar-refractivity contribution in [3.63, 3.8) is 0 Å². The first-order valence-electron chi connectivity index (χ1n) is 12.0. The van der Waals surface area contributed by atoms with Gasteiger partial charge in [-0.25, -0.2) is 0 Å². The van der Waals surface area contributed by atoms with Gasteiger partial charge in [0.05, 0.1) is 0 Å². The second-order valence-corrected chi connectivity index (χ2v) is 13.3. The Labute approximate surface area is 250 Å². The molecule has 0 saturated heterocycles. The summed E-state index contributed by atoms with van der Waals surface area (Å²) >= 11 is 2.53. The second kappa shape index (κ2) is 13.1. The van der Waals surface area contributed by atoms with Crippen molar-refractivity contribution in [3.8, 4) is 0 Å². The third-order valence-corrected chi connectivity index (χ3v) is 12.1. The average Bonchev–Trinajstić information content (AvgIpc) is 2.94. The van der Waals surface area contributed by atoms with Gasteiger partial charge in [0.1, 0.15) is 0 Å². The Balaban J connectivity index is 0.00000216. The molecule has 0 amide bonds. The van der Waals surface area contributed by atoms with Crippen LogP contribution < -0.4 is 42.4 Å². The molecule has 0 fully saturated rings. The summed E-state index contributed by atoms with van der Waals surface area (Å²) in [5.74, 6) is 0. The van der Waals surface area contributed by atoms with E-state index in [2.05, 4.69) is 136 Å². The molecule has 1 aliphatic carbocycles. The molecule has 3 aromatic carbocycles. The Bertz CT molecular complexity index is 1260. The van der Waals surface area contributed by atoms with Gasteiger partial charge in [0.25, 0.3) is 0 Å². The maximum Gasteiger partial charge on any atom is -1.00 e. The molecule has 36 heavy (non-hydrogen) atoms. The van der Waals surface area contributed by atoms with Crippen molar-refractivity contribution in [1.29, 1.82) is 0 Å². The van der Waals surface area contributed by atoms with Crippen LogP contribution in [0.2, 0.25) is 3.72 Å². The Morgan fingerprint density at radius 3 is 1.83 bits per heavy atom. The minimum Gasteiger partial charge on any atom is -1.00 e. The van der Waals surface area contributed by atoms with Crippen LogP contribution in [0.1, 0.15) is 59.7 Å². The largest absolute Gasteiger partial charge is 1.00 e. The van der Waals surface area contributed by atoms with Gasteiger partial charge >= 0.3 is 215 Å². The third-order valence-electron chi connectivity index (χ3n) is 7.60. The number of allylic oxidation sites excluding steroid dienone is 4. The van der Waals surface area contributed by atoms with Crippen molar-refractivity contribution >= 4 is 20.3 Å². The van der Waals surface area contributed by atoms with Gasteiger partial charge in [-0.15, -0.1) is 0 Å². The molecule has 188 valence electrons. The summed E-state index contributed by atoms with van der Waals surface area (Å²) in [5.41, 5.74) is 15.0. The molecule has 0 spiro atoms. The summed E-state index contributed by atoms with van der Waals surface area (Å²) in [4.78, 5) is 0. The summed E-state index contributed by atoms with van der Waals surface area (Å²) in [6, 6.07) is 25.4. The van der Waals surface area contributed by atoms with Crippen LogP contribution in [0.4, 0.5) is 0 Å². The zero-order chi connectivity index (χ0) is 23.9. The van der Waals surface area contributed by atoms with Gasteiger partial charge in [0.15, 0.2) is 0 Å². The standard InChI is InChI=1S/C31H35Si.3ClH.Ti/c1-19-13-14-22(4)28(18-19)31(32-27-16-20(2)15-21(3)17-27)30-25(7)23(5)24(6)29(30)26-11-9-8-10-12-26;;;;/h8-18,31H,32H2,1-7H3;3*1H;/q;;;;+3/p-3. The van der Waals surface area contributed by atoms with Crippen molar-refractivity contribution in [1.82, 2.24) is 0 Å². The molecule has 0 aliphatic heterocycles. The van der Waals surface area contributed by atoms with Gasteiger partial charge in [0.2, 0.25) is 0 Å². The van der Waals surface area contributed by atoms with Gasteiger partial charge in [0, 0.05) is 0 Å². The molecule has 3 aromatic rings. The van der Waals surface area contributed by atoms with Crippen LogP contribution in [-0.2, 0) is 20.4 Å². The van der Waals surface area contributed by atoms with Crippen LogP contribution in [0.5, 0.6) is 0 Å². The fraction of sp³-hybridized carbons (Fsp3) is 0.290. The fourth-order valence-corrected chi connectivity index (χ4v) is 10.1. The molecule has 0 heterocycles. The molecule has 2 unspecified atom stereocenters. The smallest absolute Gasteiger partial charge is 1.00 e. The Hall–Kier alpha value is -1.06. The van der Waals surface area contributed by atoms with Crippen molar-refractivity contribution < 1.29 is 57.7 Å². The van der Waals surface area contributed by atoms with Crippen LogP contribution in [0.3, 0.4) is 0 Å². The number of hydrogen-bond acceptors (Lipinski definition) is 0. The summed E-state index contributed by atoms with van der Waals surface area (Å²) in [6.07, 6.45) is 0. The molecule has 0 aromatic heterocycles. The van der Waals surface area contributed by atoms with E-state index in [4.69, 9.17) is 0 Å². The van der Waals surface area contributed by atoms with Crippen molar-refractivity contribution in [2.45, 2.75) is 57.7 Å². The molecule has 5 heteroatoms. The molecular weight excluding hydrogens is 555 g/mol. The first-order valence-corrected chi connectivity index (χ1v) is 14.3. The quantitative estimate of drug-likeness (QED) is 0.302. The maximum absolute atomic E-state index is 2.53. The van der Waals surface area contributed by atoms with Gasteiger partial charge < -0.3 is 37.2 Å². The molecule has 0 nitrogen and oxygen atoms in total. The number of halogens is 3. The zero-order valence-electron chi connectivity index (χ0n) is 22.3. The Kier molecular flexibility index (Phi) is 12.0. The first kappa shape index (κ1) is 33.0. The van der Waals surface area contributed by atoms with Crippen molar-refractivity contribution in [2.24, 2.45) is 0 Å². The Morgan fingerprint density at radius 1 is 0.667 bits per heavy atom. The summed E-state index contributed by atoms with van der Waals surface area (Å²) in [6.45, 7) is 16.1. The van der Waals surface area contributed by atoms with Gasteiger partial charge in [-0.2, -0.15) is 0 Å². The van der Waals surface area contributed by atoms with E-state index in [0.717, 1.165) is 0 Å². The minimum atomic E-state index is -0.644. The number of rotatable bonds is 5. The predicted molar refractivity (Wildman–Crippen MR) is 143 cm³/mol. The Morgan fingerprint density at radius 2 is 1.25 bits per heavy atom. The summed E-state index contributed by atoms with van der Waals surface area (Å²) in [7, 11) is -0.644. The van der Waals surface area contributed by atoms with Gasteiger partial charge in [-0.3, -0.25) is 0 Å². The van der Waals surface area contributed by atoms with E-state index in [0.29, 0.717) is 5.54 Å². The second-order valence-electron chi connectivity index (χ2n) is 10.0. The summed E-state index contributed by atoms with van der Waals surface area (Å²) in [5, 5.41) is 1.57. The normalized spacial score (nSPS) is 18.1. The van der Waals surface area contributed by atoms with Crippen LogP contribution in [0.15, 0.2) is 83.4 Å². The fourth-order valence-electron chi connectivity index (χ4n) is 5.79. The number of benzene rings is 3. The zero-order valence-corrected chi connectivity index (χ0v) is 27.5. The first-order chi connectivity index (χ1) is 15.6. The van der Waals surface area contributed by atoms with Gasteiger partial charge in [-0.05, 0) is 0 Å². The van der Waals surface area contributed by atoms with Crippen molar-refractivity contribution in [2.75, 3.05) is 0 Å². The topological polar surface area (TPSA) is 0 Å². The molecule has 1 aliphatic rings. The van der Waals surface area contributed by atoms with E-state index in [-0.39, 0.29) is 40.9 Å². The molecule has 0 radical (unpaired) electrons. The predicted octanol–water partition coefficient (Wildman–Crippen LogP) is -2.00. The van der Waals surface area contributed by atoms with E-state index in [1.165, 1.54) is 44.5 Å². The average molecular weight is 590 g/mol. The van der Waals surface area contributed by atoms with E-state index in [9.17, 15) is 0 Å². The molecule has 0 N–H and O–H groups in total. The van der Waals surface area contributed by atoms with Gasteiger partial charge in [-0.1, -0.05) is 0 Å². The monoisotopic (exact) mass is 588 g/mol. The number of hydrogen-bond donors (Lipinski definition) is 0. The molecular formula is C31H35Cl3SiTi. The van der Waals surface area contributed by atoms with E-state index >= 15 is 0 Å². The minimum absolute atomic E-state index is 0. The van der Waals surface area contributed by atoms with Crippen LogP contribution in [0, 0.1) is 27.7 Å². The van der Waals surface area contributed by atoms with Crippen LogP contribution in [-0.4, -0.2) is 9.52 Å². The van der Waals surface area contributed by atoms with E-state index < -0.39 is 9.52 Å². The maximum atomic E-state index is 2.53. The molecule has 4 rings (SSSR count). The molecule has 0 bridgehead atoms. The van der Waals surface area contributed by atoms with E-state index in [1.807, 2.05) is 0 Å². The molecule has 0 saturated carbocycles.